The van der Waals surface area contributed by atoms with Crippen molar-refractivity contribution in [3.63, 3.8) is 0 Å². The molecule has 3 heterocycles. The minimum Gasteiger partial charge on any atom is -0.356 e. The number of guanidine groups is 1. The molecule has 2 atom stereocenters. The summed E-state index contributed by atoms with van der Waals surface area (Å²) in [4.78, 5) is 12.9. The number of likely N-dealkylation sites (tertiary alicyclic amines) is 1. The molecule has 1 saturated heterocycles. The average Bonchev–Trinajstić information content (AvgIpc) is 3.16. The van der Waals surface area contributed by atoms with E-state index >= 15 is 0 Å². The second-order valence-corrected chi connectivity index (χ2v) is 7.90. The Morgan fingerprint density at radius 3 is 2.85 bits per heavy atom. The monoisotopic (exact) mass is 499 g/mol. The number of halogens is 1. The van der Waals surface area contributed by atoms with E-state index in [1.807, 2.05) is 43.5 Å². The van der Waals surface area contributed by atoms with Crippen LogP contribution in [-0.2, 0) is 6.54 Å². The van der Waals surface area contributed by atoms with Gasteiger partial charge >= 0.3 is 0 Å². The Morgan fingerprint density at radius 1 is 1.30 bits per heavy atom. The smallest absolute Gasteiger partial charge is 0.191 e. The van der Waals surface area contributed by atoms with Gasteiger partial charge in [0.2, 0.25) is 0 Å². The van der Waals surface area contributed by atoms with Crippen molar-refractivity contribution in [1.29, 1.82) is 0 Å². The highest BCUT2D eigenvalue weighted by atomic mass is 127. The molecule has 0 spiro atoms. The summed E-state index contributed by atoms with van der Waals surface area (Å²) in [5, 5.41) is 9.08. The van der Waals surface area contributed by atoms with E-state index in [1.165, 1.54) is 24.3 Å². The highest BCUT2D eigenvalue weighted by Crippen LogP contribution is 2.36. The first-order valence-corrected chi connectivity index (χ1v) is 10.2. The van der Waals surface area contributed by atoms with Gasteiger partial charge in [0.25, 0.3) is 0 Å². The molecule has 148 valence electrons. The first-order valence-electron chi connectivity index (χ1n) is 9.28. The lowest BCUT2D eigenvalue weighted by molar-refractivity contribution is 0.125. The van der Waals surface area contributed by atoms with Crippen LogP contribution in [0.4, 0.5) is 0 Å². The lowest BCUT2D eigenvalue weighted by Gasteiger charge is -2.39. The molecule has 0 saturated carbocycles. The van der Waals surface area contributed by atoms with Crippen molar-refractivity contribution in [3.8, 4) is 0 Å². The van der Waals surface area contributed by atoms with Gasteiger partial charge in [0.1, 0.15) is 0 Å². The van der Waals surface area contributed by atoms with E-state index in [4.69, 9.17) is 0 Å². The number of hydrogen-bond acceptors (Lipinski definition) is 4. The van der Waals surface area contributed by atoms with Crippen molar-refractivity contribution < 1.29 is 0 Å². The third-order valence-electron chi connectivity index (χ3n) is 4.98. The van der Waals surface area contributed by atoms with Gasteiger partial charge in [-0.05, 0) is 62.9 Å². The molecular formula is C20H30IN5S. The van der Waals surface area contributed by atoms with Gasteiger partial charge in [0.05, 0.1) is 12.2 Å². The Hall–Kier alpha value is -1.19. The largest absolute Gasteiger partial charge is 0.356 e. The molecule has 2 N–H and O–H groups in total. The van der Waals surface area contributed by atoms with Gasteiger partial charge < -0.3 is 10.6 Å². The maximum Gasteiger partial charge on any atom is 0.191 e. The molecular weight excluding hydrogens is 469 g/mol. The molecule has 0 radical (unpaired) electrons. The van der Waals surface area contributed by atoms with E-state index in [1.54, 1.807) is 0 Å². The molecule has 2 aromatic rings. The topological polar surface area (TPSA) is 52.6 Å². The third-order valence-corrected chi connectivity index (χ3v) is 5.92. The number of nitrogens with one attached hydrogen (secondary N) is 2. The highest BCUT2D eigenvalue weighted by molar-refractivity contribution is 14.0. The molecule has 1 aliphatic rings. The molecule has 2 unspecified atom stereocenters. The normalized spacial score (nSPS) is 20.8. The fraction of sp³-hybridized carbons (Fsp3) is 0.500. The van der Waals surface area contributed by atoms with E-state index in [0.717, 1.165) is 23.9 Å². The molecule has 0 amide bonds. The molecule has 5 nitrogen and oxygen atoms in total. The maximum absolute atomic E-state index is 4.53. The Balaban J connectivity index is 0.00000261. The highest BCUT2D eigenvalue weighted by Gasteiger charge is 2.31. The lowest BCUT2D eigenvalue weighted by atomic mass is 9.88. The van der Waals surface area contributed by atoms with Crippen molar-refractivity contribution in [1.82, 2.24) is 20.5 Å². The third kappa shape index (κ3) is 6.15. The Bertz CT molecular complexity index is 719. The van der Waals surface area contributed by atoms with Crippen molar-refractivity contribution in [2.24, 2.45) is 10.9 Å². The van der Waals surface area contributed by atoms with E-state index in [9.17, 15) is 0 Å². The zero-order valence-corrected chi connectivity index (χ0v) is 19.5. The molecule has 0 bridgehead atoms. The number of pyridine rings is 1. The first kappa shape index (κ1) is 22.1. The van der Waals surface area contributed by atoms with Gasteiger partial charge in [0, 0.05) is 30.2 Å². The Kier molecular flexibility index (Phi) is 8.98. The standard InChI is InChI=1S/C20H29N5S.HI/c1-15-7-4-9-17(24-15)14-23-20(21-2)22-13-16-8-5-11-25(3)19(16)18-10-6-12-26-18;/h4,6-7,9-10,12,16,19H,5,8,11,13-14H2,1-3H3,(H2,21,22,23);1H. The van der Waals surface area contributed by atoms with Gasteiger partial charge in [-0.2, -0.15) is 0 Å². The predicted molar refractivity (Wildman–Crippen MR) is 125 cm³/mol. The quantitative estimate of drug-likeness (QED) is 0.373. The van der Waals surface area contributed by atoms with Crippen LogP contribution in [0, 0.1) is 12.8 Å². The Morgan fingerprint density at radius 2 is 2.15 bits per heavy atom. The molecule has 3 rings (SSSR count). The summed E-state index contributed by atoms with van der Waals surface area (Å²) in [7, 11) is 4.07. The van der Waals surface area contributed by atoms with E-state index in [2.05, 4.69) is 50.1 Å². The number of hydrogen-bond donors (Lipinski definition) is 2. The molecule has 0 aliphatic carbocycles. The second kappa shape index (κ2) is 11.0. The van der Waals surface area contributed by atoms with Gasteiger partial charge in [0.15, 0.2) is 5.96 Å². The Labute approximate surface area is 183 Å². The summed E-state index contributed by atoms with van der Waals surface area (Å²) in [6.45, 7) is 4.79. The van der Waals surface area contributed by atoms with Crippen LogP contribution in [0.25, 0.3) is 0 Å². The number of aromatic nitrogens is 1. The molecule has 0 aromatic carbocycles. The number of aryl methyl sites for hydroxylation is 1. The fourth-order valence-corrected chi connectivity index (χ4v) is 4.69. The van der Waals surface area contributed by atoms with Crippen LogP contribution in [0.15, 0.2) is 40.7 Å². The zero-order valence-electron chi connectivity index (χ0n) is 16.3. The SMILES string of the molecule is CN=C(NCc1cccc(C)n1)NCC1CCCN(C)C1c1cccs1.I. The summed E-state index contributed by atoms with van der Waals surface area (Å²) in [5.74, 6) is 1.43. The lowest BCUT2D eigenvalue weighted by Crippen LogP contribution is -2.44. The van der Waals surface area contributed by atoms with E-state index in [-0.39, 0.29) is 24.0 Å². The van der Waals surface area contributed by atoms with E-state index < -0.39 is 0 Å². The van der Waals surface area contributed by atoms with Crippen LogP contribution in [-0.4, -0.2) is 43.0 Å². The number of piperidine rings is 1. The maximum atomic E-state index is 4.53. The minimum absolute atomic E-state index is 0. The fourth-order valence-electron chi connectivity index (χ4n) is 3.70. The molecule has 1 aliphatic heterocycles. The average molecular weight is 499 g/mol. The van der Waals surface area contributed by atoms with Crippen molar-refractivity contribution in [2.45, 2.75) is 32.4 Å². The summed E-state index contributed by atoms with van der Waals surface area (Å²) in [5.41, 5.74) is 2.07. The van der Waals surface area contributed by atoms with Crippen molar-refractivity contribution >= 4 is 41.3 Å². The van der Waals surface area contributed by atoms with Gasteiger partial charge in [-0.1, -0.05) is 12.1 Å². The van der Waals surface area contributed by atoms with Crippen LogP contribution >= 0.6 is 35.3 Å². The minimum atomic E-state index is 0. The van der Waals surface area contributed by atoms with E-state index in [0.29, 0.717) is 18.5 Å². The van der Waals surface area contributed by atoms with Gasteiger partial charge in [-0.25, -0.2) is 0 Å². The number of aliphatic imine (C=N–C) groups is 1. The summed E-state index contributed by atoms with van der Waals surface area (Å²) < 4.78 is 0. The van der Waals surface area contributed by atoms with Crippen molar-refractivity contribution in [2.75, 3.05) is 27.2 Å². The number of rotatable bonds is 5. The molecule has 2 aromatic heterocycles. The van der Waals surface area contributed by atoms with Crippen molar-refractivity contribution in [3.05, 3.63) is 52.0 Å². The zero-order chi connectivity index (χ0) is 18.4. The number of nitrogens with zero attached hydrogens (tertiary/aromatic N) is 3. The van der Waals surface area contributed by atoms with Crippen LogP contribution < -0.4 is 10.6 Å². The van der Waals surface area contributed by atoms with Crippen LogP contribution in [0.5, 0.6) is 0 Å². The molecule has 7 heteroatoms. The van der Waals surface area contributed by atoms with Gasteiger partial charge in [-0.15, -0.1) is 35.3 Å². The number of thiophene rings is 1. The predicted octanol–water partition coefficient (Wildman–Crippen LogP) is 3.82. The summed E-state index contributed by atoms with van der Waals surface area (Å²) in [6.07, 6.45) is 2.50. The summed E-state index contributed by atoms with van der Waals surface area (Å²) >= 11 is 1.86. The second-order valence-electron chi connectivity index (χ2n) is 6.92. The molecule has 27 heavy (non-hydrogen) atoms. The van der Waals surface area contributed by atoms with Crippen LogP contribution in [0.2, 0.25) is 0 Å². The summed E-state index contributed by atoms with van der Waals surface area (Å²) in [6, 6.07) is 11.0. The van der Waals surface area contributed by atoms with Crippen LogP contribution in [0.1, 0.15) is 35.1 Å². The first-order chi connectivity index (χ1) is 12.7. The van der Waals surface area contributed by atoms with Gasteiger partial charge in [-0.3, -0.25) is 14.9 Å². The molecule has 1 fully saturated rings. The van der Waals surface area contributed by atoms with Crippen LogP contribution in [0.3, 0.4) is 0 Å².